The molecule has 0 saturated heterocycles. The molecule has 1 N–H and O–H groups in total. The van der Waals surface area contributed by atoms with E-state index >= 15 is 0 Å². The van der Waals surface area contributed by atoms with Crippen LogP contribution in [-0.2, 0) is 9.53 Å². The molecule has 2 atom stereocenters. The third-order valence-corrected chi connectivity index (χ3v) is 6.84. The zero-order valence-corrected chi connectivity index (χ0v) is 20.2. The van der Waals surface area contributed by atoms with Crippen LogP contribution >= 0.6 is 11.3 Å². The van der Waals surface area contributed by atoms with E-state index in [-0.39, 0.29) is 17.9 Å². The van der Waals surface area contributed by atoms with Gasteiger partial charge in [0.05, 0.1) is 18.6 Å². The zero-order chi connectivity index (χ0) is 22.9. The molecule has 32 heavy (non-hydrogen) atoms. The highest BCUT2D eigenvalue weighted by molar-refractivity contribution is 7.10. The normalized spacial score (nSPS) is 18.1. The molecule has 2 heterocycles. The summed E-state index contributed by atoms with van der Waals surface area (Å²) in [7, 11) is 1.63. The van der Waals surface area contributed by atoms with E-state index in [0.717, 1.165) is 42.9 Å². The van der Waals surface area contributed by atoms with Gasteiger partial charge in [-0.25, -0.2) is 0 Å². The van der Waals surface area contributed by atoms with E-state index in [1.54, 1.807) is 18.4 Å². The first-order chi connectivity index (χ1) is 15.6. The van der Waals surface area contributed by atoms with Gasteiger partial charge >= 0.3 is 0 Å². The molecule has 1 aliphatic rings. The second kappa shape index (κ2) is 12.1. The number of methoxy groups -OCH3 is 1. The summed E-state index contributed by atoms with van der Waals surface area (Å²) in [4.78, 5) is 32.2. The average Bonchev–Trinajstić information content (AvgIpc) is 3.33. The lowest BCUT2D eigenvalue weighted by molar-refractivity contribution is -0.124. The highest BCUT2D eigenvalue weighted by atomic mass is 32.1. The Morgan fingerprint density at radius 2 is 1.88 bits per heavy atom. The van der Waals surface area contributed by atoms with Crippen molar-refractivity contribution in [1.82, 2.24) is 15.1 Å². The second-order valence-electron chi connectivity index (χ2n) is 8.15. The predicted octanol–water partition coefficient (Wildman–Crippen LogP) is 3.91. The Labute approximate surface area is 195 Å². The summed E-state index contributed by atoms with van der Waals surface area (Å²) >= 11 is 1.58. The van der Waals surface area contributed by atoms with Crippen LogP contribution in [0.1, 0.15) is 59.4 Å². The van der Waals surface area contributed by atoms with E-state index < -0.39 is 5.92 Å². The van der Waals surface area contributed by atoms with Crippen molar-refractivity contribution in [2.24, 2.45) is 0 Å². The van der Waals surface area contributed by atoms with Crippen molar-refractivity contribution in [1.29, 1.82) is 0 Å². The quantitative estimate of drug-likeness (QED) is 0.525. The van der Waals surface area contributed by atoms with E-state index in [1.165, 1.54) is 0 Å². The van der Waals surface area contributed by atoms with Gasteiger partial charge < -0.3 is 19.9 Å². The van der Waals surface area contributed by atoms with E-state index in [9.17, 15) is 9.59 Å². The summed E-state index contributed by atoms with van der Waals surface area (Å²) in [6.07, 6.45) is 2.20. The number of hydrogen-bond acceptors (Lipinski definition) is 5. The van der Waals surface area contributed by atoms with Crippen LogP contribution in [0.25, 0.3) is 0 Å². The SMILES string of the molecule is CCCN(CCC)CCNC(=O)C1c2ccccc2C(=O)N(CCOC)C1c1cccs1. The Balaban J connectivity index is 1.88. The molecule has 0 radical (unpaired) electrons. The maximum absolute atomic E-state index is 13.6. The lowest BCUT2D eigenvalue weighted by atomic mass is 9.81. The molecular formula is C25H35N3O3S. The van der Waals surface area contributed by atoms with Crippen molar-refractivity contribution in [2.75, 3.05) is 46.4 Å². The molecule has 7 heteroatoms. The number of ether oxygens (including phenoxy) is 1. The maximum Gasteiger partial charge on any atom is 0.254 e. The second-order valence-corrected chi connectivity index (χ2v) is 9.13. The summed E-state index contributed by atoms with van der Waals surface area (Å²) < 4.78 is 5.28. The highest BCUT2D eigenvalue weighted by Crippen LogP contribution is 2.44. The van der Waals surface area contributed by atoms with Crippen molar-refractivity contribution in [3.63, 3.8) is 0 Å². The van der Waals surface area contributed by atoms with Gasteiger partial charge in [0.2, 0.25) is 5.91 Å². The minimum absolute atomic E-state index is 0.0290. The van der Waals surface area contributed by atoms with Crippen molar-refractivity contribution in [3.05, 3.63) is 57.8 Å². The molecule has 1 aromatic heterocycles. The smallest absolute Gasteiger partial charge is 0.254 e. The predicted molar refractivity (Wildman–Crippen MR) is 129 cm³/mol. The molecule has 1 aliphatic heterocycles. The number of hydrogen-bond donors (Lipinski definition) is 1. The van der Waals surface area contributed by atoms with Gasteiger partial charge in [0, 0.05) is 37.2 Å². The van der Waals surface area contributed by atoms with Crippen LogP contribution < -0.4 is 5.32 Å². The molecule has 2 aromatic rings. The topological polar surface area (TPSA) is 61.9 Å². The molecule has 0 saturated carbocycles. The molecule has 6 nitrogen and oxygen atoms in total. The van der Waals surface area contributed by atoms with Gasteiger partial charge in [-0.05, 0) is 49.0 Å². The van der Waals surface area contributed by atoms with Crippen molar-refractivity contribution >= 4 is 23.2 Å². The first-order valence-electron chi connectivity index (χ1n) is 11.5. The number of benzene rings is 1. The minimum Gasteiger partial charge on any atom is -0.383 e. The fourth-order valence-electron chi connectivity index (χ4n) is 4.50. The van der Waals surface area contributed by atoms with E-state index in [0.29, 0.717) is 25.3 Å². The molecule has 2 amide bonds. The number of carbonyl (C=O) groups is 2. The monoisotopic (exact) mass is 457 g/mol. The summed E-state index contributed by atoms with van der Waals surface area (Å²) in [6.45, 7) is 8.72. The van der Waals surface area contributed by atoms with Crippen molar-refractivity contribution < 1.29 is 14.3 Å². The summed E-state index contributed by atoms with van der Waals surface area (Å²) in [5.74, 6) is -0.527. The van der Waals surface area contributed by atoms with Gasteiger partial charge in [-0.15, -0.1) is 11.3 Å². The number of fused-ring (bicyclic) bond motifs is 1. The van der Waals surface area contributed by atoms with Crippen molar-refractivity contribution in [3.8, 4) is 0 Å². The molecular weight excluding hydrogens is 422 g/mol. The zero-order valence-electron chi connectivity index (χ0n) is 19.4. The molecule has 0 bridgehead atoms. The minimum atomic E-state index is -0.454. The Bertz CT molecular complexity index is 865. The van der Waals surface area contributed by atoms with Gasteiger partial charge in [-0.2, -0.15) is 0 Å². The molecule has 1 aromatic carbocycles. The van der Waals surface area contributed by atoms with Crippen LogP contribution in [0.5, 0.6) is 0 Å². The number of carbonyl (C=O) groups excluding carboxylic acids is 2. The van der Waals surface area contributed by atoms with Crippen LogP contribution in [0, 0.1) is 0 Å². The molecule has 0 aliphatic carbocycles. The average molecular weight is 458 g/mol. The number of amides is 2. The summed E-state index contributed by atoms with van der Waals surface area (Å²) in [5.41, 5.74) is 1.41. The first kappa shape index (κ1) is 24.4. The number of thiophene rings is 1. The van der Waals surface area contributed by atoms with Gasteiger partial charge in [0.1, 0.15) is 0 Å². The van der Waals surface area contributed by atoms with Crippen LogP contribution in [0.2, 0.25) is 0 Å². The Morgan fingerprint density at radius 3 is 2.53 bits per heavy atom. The van der Waals surface area contributed by atoms with Crippen LogP contribution in [0.15, 0.2) is 41.8 Å². The van der Waals surface area contributed by atoms with Crippen molar-refractivity contribution in [2.45, 2.75) is 38.6 Å². The summed E-state index contributed by atoms with van der Waals surface area (Å²) in [6, 6.07) is 11.2. The lowest BCUT2D eigenvalue weighted by Gasteiger charge is -2.41. The fourth-order valence-corrected chi connectivity index (χ4v) is 5.38. The van der Waals surface area contributed by atoms with Gasteiger partial charge in [-0.3, -0.25) is 9.59 Å². The standard InChI is InChI=1S/C25H35N3O3S/c1-4-13-27(14-5-2)15-12-26-24(29)22-19-9-6-7-10-20(19)25(30)28(16-17-31-3)23(22)21-11-8-18-32-21/h6-11,18,22-23H,4-5,12-17H2,1-3H3,(H,26,29). The fraction of sp³-hybridized carbons (Fsp3) is 0.520. The number of nitrogens with one attached hydrogen (secondary N) is 1. The van der Waals surface area contributed by atoms with E-state index in [4.69, 9.17) is 4.74 Å². The van der Waals surface area contributed by atoms with E-state index in [1.807, 2.05) is 46.7 Å². The molecule has 2 unspecified atom stereocenters. The third-order valence-electron chi connectivity index (χ3n) is 5.90. The third kappa shape index (κ3) is 5.57. The Hall–Kier alpha value is -2.22. The van der Waals surface area contributed by atoms with Crippen LogP contribution in [-0.4, -0.2) is 68.1 Å². The van der Waals surface area contributed by atoms with E-state index in [2.05, 4.69) is 24.1 Å². The van der Waals surface area contributed by atoms with Gasteiger partial charge in [0.15, 0.2) is 0 Å². The van der Waals surface area contributed by atoms with Crippen LogP contribution in [0.4, 0.5) is 0 Å². The number of rotatable bonds is 12. The lowest BCUT2D eigenvalue weighted by Crippen LogP contribution is -2.49. The highest BCUT2D eigenvalue weighted by Gasteiger charge is 2.44. The summed E-state index contributed by atoms with van der Waals surface area (Å²) in [5, 5.41) is 5.18. The number of nitrogens with zero attached hydrogens (tertiary/aromatic N) is 2. The molecule has 0 fully saturated rings. The maximum atomic E-state index is 13.6. The molecule has 0 spiro atoms. The molecule has 3 rings (SSSR count). The Kier molecular flexibility index (Phi) is 9.26. The largest absolute Gasteiger partial charge is 0.383 e. The Morgan fingerprint density at radius 1 is 1.12 bits per heavy atom. The first-order valence-corrected chi connectivity index (χ1v) is 12.4. The van der Waals surface area contributed by atoms with Gasteiger partial charge in [-0.1, -0.05) is 38.1 Å². The van der Waals surface area contributed by atoms with Crippen LogP contribution in [0.3, 0.4) is 0 Å². The van der Waals surface area contributed by atoms with Gasteiger partial charge in [0.25, 0.3) is 5.91 Å². The molecule has 174 valence electrons.